The Morgan fingerprint density at radius 3 is 2.57 bits per heavy atom. The molecule has 5 nitrogen and oxygen atoms in total. The van der Waals surface area contributed by atoms with Crippen LogP contribution in [0.5, 0.6) is 0 Å². The second-order valence-corrected chi connectivity index (χ2v) is 5.14. The van der Waals surface area contributed by atoms with Crippen molar-refractivity contribution >= 4 is 5.69 Å². The Labute approximate surface area is 124 Å². The lowest BCUT2D eigenvalue weighted by molar-refractivity contribution is 0.730. The molecular weight excluding hydrogens is 262 g/mol. The largest absolute Gasteiger partial charge is 0.378 e. The van der Waals surface area contributed by atoms with Crippen molar-refractivity contribution in [3.63, 3.8) is 0 Å². The fourth-order valence-electron chi connectivity index (χ4n) is 2.40. The number of aryl methyl sites for hydroxylation is 2. The van der Waals surface area contributed by atoms with Gasteiger partial charge in [0.2, 0.25) is 0 Å². The zero-order chi connectivity index (χ0) is 14.8. The first-order valence-corrected chi connectivity index (χ1v) is 6.98. The van der Waals surface area contributed by atoms with E-state index in [9.17, 15) is 0 Å². The quantitative estimate of drug-likeness (QED) is 0.800. The molecule has 3 rings (SSSR count). The summed E-state index contributed by atoms with van der Waals surface area (Å²) in [6.45, 7) is 4.88. The zero-order valence-corrected chi connectivity index (χ0v) is 12.5. The summed E-state index contributed by atoms with van der Waals surface area (Å²) < 4.78 is 3.78. The highest BCUT2D eigenvalue weighted by Gasteiger charge is 2.09. The van der Waals surface area contributed by atoms with Crippen molar-refractivity contribution in [2.75, 3.05) is 5.32 Å². The predicted octanol–water partition coefficient (Wildman–Crippen LogP) is 2.83. The van der Waals surface area contributed by atoms with Gasteiger partial charge in [-0.3, -0.25) is 4.68 Å². The molecule has 0 saturated heterocycles. The minimum atomic E-state index is 0.756. The molecule has 2 heterocycles. The summed E-state index contributed by atoms with van der Waals surface area (Å²) >= 11 is 0. The van der Waals surface area contributed by atoms with Crippen LogP contribution >= 0.6 is 0 Å². The summed E-state index contributed by atoms with van der Waals surface area (Å²) in [6, 6.07) is 10.1. The van der Waals surface area contributed by atoms with Crippen molar-refractivity contribution in [1.29, 1.82) is 0 Å². The van der Waals surface area contributed by atoms with E-state index in [1.165, 1.54) is 11.3 Å². The molecule has 5 heteroatoms. The van der Waals surface area contributed by atoms with E-state index >= 15 is 0 Å². The summed E-state index contributed by atoms with van der Waals surface area (Å²) in [5, 5.41) is 12.2. The Kier molecular flexibility index (Phi) is 3.48. The van der Waals surface area contributed by atoms with Gasteiger partial charge in [-0.1, -0.05) is 18.2 Å². The molecule has 3 aromatic rings. The number of aromatic nitrogens is 4. The first kappa shape index (κ1) is 13.4. The maximum absolute atomic E-state index is 4.43. The Balaban J connectivity index is 1.73. The monoisotopic (exact) mass is 281 g/mol. The zero-order valence-electron chi connectivity index (χ0n) is 12.5. The number of benzene rings is 1. The third kappa shape index (κ3) is 2.67. The van der Waals surface area contributed by atoms with Crippen molar-refractivity contribution in [1.82, 2.24) is 19.6 Å². The number of rotatable bonds is 4. The van der Waals surface area contributed by atoms with Gasteiger partial charge in [0.1, 0.15) is 0 Å². The predicted molar refractivity (Wildman–Crippen MR) is 83.6 cm³/mol. The molecule has 0 radical (unpaired) electrons. The number of nitrogens with zero attached hydrogens (tertiary/aromatic N) is 4. The van der Waals surface area contributed by atoms with Gasteiger partial charge in [0.05, 0.1) is 29.5 Å². The summed E-state index contributed by atoms with van der Waals surface area (Å²) in [6.07, 6.45) is 3.84. The molecular formula is C16H19N5. The smallest absolute Gasteiger partial charge is 0.0733 e. The van der Waals surface area contributed by atoms with E-state index < -0.39 is 0 Å². The molecule has 21 heavy (non-hydrogen) atoms. The fraction of sp³-hybridized carbons (Fsp3) is 0.250. The second kappa shape index (κ2) is 5.44. The molecule has 0 aliphatic carbocycles. The Bertz CT molecular complexity index is 739. The van der Waals surface area contributed by atoms with E-state index in [0.717, 1.165) is 23.6 Å². The third-order valence-electron chi connectivity index (χ3n) is 3.73. The van der Waals surface area contributed by atoms with Gasteiger partial charge >= 0.3 is 0 Å². The van der Waals surface area contributed by atoms with Crippen molar-refractivity contribution in [3.8, 4) is 5.69 Å². The SMILES string of the molecule is Cc1nn(C)c(C)c1CNc1cnn(-c2ccccc2)c1. The van der Waals surface area contributed by atoms with E-state index in [1.54, 1.807) is 0 Å². The van der Waals surface area contributed by atoms with E-state index in [-0.39, 0.29) is 0 Å². The second-order valence-electron chi connectivity index (χ2n) is 5.14. The van der Waals surface area contributed by atoms with Crippen LogP contribution in [-0.4, -0.2) is 19.6 Å². The fourth-order valence-corrected chi connectivity index (χ4v) is 2.40. The van der Waals surface area contributed by atoms with Crippen LogP contribution in [0.3, 0.4) is 0 Å². The lowest BCUT2D eigenvalue weighted by atomic mass is 10.2. The highest BCUT2D eigenvalue weighted by Crippen LogP contribution is 2.16. The molecule has 1 N–H and O–H groups in total. The van der Waals surface area contributed by atoms with Gasteiger partial charge in [-0.25, -0.2) is 4.68 Å². The van der Waals surface area contributed by atoms with Crippen molar-refractivity contribution in [3.05, 3.63) is 59.7 Å². The normalized spacial score (nSPS) is 10.8. The number of hydrogen-bond acceptors (Lipinski definition) is 3. The van der Waals surface area contributed by atoms with Crippen LogP contribution in [0.1, 0.15) is 17.0 Å². The molecule has 0 bridgehead atoms. The van der Waals surface area contributed by atoms with Crippen LogP contribution in [0.15, 0.2) is 42.7 Å². The van der Waals surface area contributed by atoms with Crippen LogP contribution < -0.4 is 5.32 Å². The Hall–Kier alpha value is -2.56. The van der Waals surface area contributed by atoms with E-state index in [2.05, 4.69) is 22.4 Å². The minimum absolute atomic E-state index is 0.756. The van der Waals surface area contributed by atoms with Gasteiger partial charge in [-0.2, -0.15) is 10.2 Å². The van der Waals surface area contributed by atoms with E-state index in [0.29, 0.717) is 0 Å². The summed E-state index contributed by atoms with van der Waals surface area (Å²) in [5.41, 5.74) is 5.55. The minimum Gasteiger partial charge on any atom is -0.378 e. The number of para-hydroxylation sites is 1. The molecule has 0 amide bonds. The van der Waals surface area contributed by atoms with Crippen molar-refractivity contribution in [2.24, 2.45) is 7.05 Å². The van der Waals surface area contributed by atoms with Gasteiger partial charge in [0.25, 0.3) is 0 Å². The molecule has 0 spiro atoms. The Morgan fingerprint density at radius 2 is 1.90 bits per heavy atom. The number of nitrogens with one attached hydrogen (secondary N) is 1. The van der Waals surface area contributed by atoms with Crippen LogP contribution in [-0.2, 0) is 13.6 Å². The van der Waals surface area contributed by atoms with Crippen molar-refractivity contribution in [2.45, 2.75) is 20.4 Å². The summed E-state index contributed by atoms with van der Waals surface area (Å²) in [4.78, 5) is 0. The first-order valence-electron chi connectivity index (χ1n) is 6.98. The lowest BCUT2D eigenvalue weighted by Crippen LogP contribution is -2.01. The van der Waals surface area contributed by atoms with Gasteiger partial charge < -0.3 is 5.32 Å². The summed E-state index contributed by atoms with van der Waals surface area (Å²) in [5.74, 6) is 0. The number of anilines is 1. The van der Waals surface area contributed by atoms with Crippen LogP contribution in [0.2, 0.25) is 0 Å². The lowest BCUT2D eigenvalue weighted by Gasteiger charge is -2.04. The van der Waals surface area contributed by atoms with Gasteiger partial charge in [-0.05, 0) is 26.0 Å². The van der Waals surface area contributed by atoms with E-state index in [1.807, 2.05) is 66.1 Å². The van der Waals surface area contributed by atoms with Gasteiger partial charge in [-0.15, -0.1) is 0 Å². The molecule has 0 unspecified atom stereocenters. The molecule has 0 fully saturated rings. The van der Waals surface area contributed by atoms with Gasteiger partial charge in [0, 0.05) is 24.8 Å². The maximum Gasteiger partial charge on any atom is 0.0733 e. The molecule has 0 aliphatic heterocycles. The van der Waals surface area contributed by atoms with Crippen LogP contribution in [0, 0.1) is 13.8 Å². The molecule has 1 aromatic carbocycles. The summed E-state index contributed by atoms with van der Waals surface area (Å²) in [7, 11) is 1.97. The number of hydrogen-bond donors (Lipinski definition) is 1. The van der Waals surface area contributed by atoms with E-state index in [4.69, 9.17) is 0 Å². The van der Waals surface area contributed by atoms with Crippen LogP contribution in [0.25, 0.3) is 5.69 Å². The highest BCUT2D eigenvalue weighted by atomic mass is 15.3. The third-order valence-corrected chi connectivity index (χ3v) is 3.73. The Morgan fingerprint density at radius 1 is 1.14 bits per heavy atom. The van der Waals surface area contributed by atoms with Gasteiger partial charge in [0.15, 0.2) is 0 Å². The highest BCUT2D eigenvalue weighted by molar-refractivity contribution is 5.43. The molecule has 108 valence electrons. The molecule has 0 aliphatic rings. The standard InChI is InChI=1S/C16H19N5/c1-12-16(13(2)20(3)19-12)10-17-14-9-18-21(11-14)15-7-5-4-6-8-15/h4-9,11,17H,10H2,1-3H3. The topological polar surface area (TPSA) is 47.7 Å². The maximum atomic E-state index is 4.43. The first-order chi connectivity index (χ1) is 10.1. The van der Waals surface area contributed by atoms with Crippen molar-refractivity contribution < 1.29 is 0 Å². The average molecular weight is 281 g/mol. The average Bonchev–Trinajstić information content (AvgIpc) is 3.05. The molecule has 0 saturated carbocycles. The molecule has 2 aromatic heterocycles. The van der Waals surface area contributed by atoms with Crippen LogP contribution in [0.4, 0.5) is 5.69 Å². The molecule has 0 atom stereocenters.